The number of carboxylic acids is 1. The van der Waals surface area contributed by atoms with Gasteiger partial charge < -0.3 is 9.84 Å². The third-order valence-corrected chi connectivity index (χ3v) is 4.16. The molecule has 0 bridgehead atoms. The van der Waals surface area contributed by atoms with E-state index in [1.165, 1.54) is 18.4 Å². The number of nitrogens with zero attached hydrogens (tertiary/aromatic N) is 1. The van der Waals surface area contributed by atoms with Crippen molar-refractivity contribution in [2.75, 3.05) is 19.7 Å². The van der Waals surface area contributed by atoms with Gasteiger partial charge in [0.1, 0.15) is 12.4 Å². The molecule has 4 nitrogen and oxygen atoms in total. The van der Waals surface area contributed by atoms with Gasteiger partial charge in [0, 0.05) is 12.6 Å². The van der Waals surface area contributed by atoms with Crippen molar-refractivity contribution in [2.45, 2.75) is 45.6 Å². The van der Waals surface area contributed by atoms with Gasteiger partial charge in [-0.05, 0) is 43.9 Å². The number of rotatable bonds is 7. The molecule has 1 saturated carbocycles. The first kappa shape index (κ1) is 15.8. The number of aliphatic carboxylic acids is 1. The summed E-state index contributed by atoms with van der Waals surface area (Å²) >= 11 is 0. The van der Waals surface area contributed by atoms with Crippen LogP contribution in [0.2, 0.25) is 0 Å². The van der Waals surface area contributed by atoms with Gasteiger partial charge in [0.05, 0.1) is 6.54 Å². The largest absolute Gasteiger partial charge is 0.492 e. The fraction of sp³-hybridized carbons (Fsp3) is 0.588. The lowest BCUT2D eigenvalue weighted by Gasteiger charge is -2.27. The molecule has 1 fully saturated rings. The summed E-state index contributed by atoms with van der Waals surface area (Å²) in [5.41, 5.74) is 2.29. The van der Waals surface area contributed by atoms with E-state index in [4.69, 9.17) is 9.84 Å². The highest BCUT2D eigenvalue weighted by Gasteiger charge is 2.24. The van der Waals surface area contributed by atoms with Crippen molar-refractivity contribution in [3.63, 3.8) is 0 Å². The van der Waals surface area contributed by atoms with Gasteiger partial charge in [-0.25, -0.2) is 0 Å². The van der Waals surface area contributed by atoms with Crippen LogP contribution in [0.25, 0.3) is 0 Å². The monoisotopic (exact) mass is 291 g/mol. The average molecular weight is 291 g/mol. The molecule has 0 atom stereocenters. The van der Waals surface area contributed by atoms with Crippen molar-refractivity contribution in [2.24, 2.45) is 0 Å². The van der Waals surface area contributed by atoms with Crippen LogP contribution >= 0.6 is 0 Å². The van der Waals surface area contributed by atoms with Gasteiger partial charge in [-0.3, -0.25) is 9.69 Å². The second-order valence-corrected chi connectivity index (χ2v) is 5.92. The molecule has 4 heteroatoms. The maximum absolute atomic E-state index is 11.0. The fourth-order valence-corrected chi connectivity index (χ4v) is 2.97. The molecule has 0 unspecified atom stereocenters. The van der Waals surface area contributed by atoms with E-state index in [2.05, 4.69) is 17.0 Å². The number of carboxylic acid groups (broad SMARTS) is 1. The van der Waals surface area contributed by atoms with Crippen LogP contribution in [0, 0.1) is 13.8 Å². The summed E-state index contributed by atoms with van der Waals surface area (Å²) in [7, 11) is 0. The van der Waals surface area contributed by atoms with E-state index < -0.39 is 5.97 Å². The Morgan fingerprint density at radius 1 is 1.33 bits per heavy atom. The molecule has 0 spiro atoms. The molecule has 0 aromatic heterocycles. The Bertz CT molecular complexity index is 481. The average Bonchev–Trinajstić information content (AvgIpc) is 2.95. The lowest BCUT2D eigenvalue weighted by molar-refractivity contribution is -0.139. The molecule has 0 heterocycles. The molecule has 1 N–H and O–H groups in total. The van der Waals surface area contributed by atoms with E-state index in [0.717, 1.165) is 24.2 Å². The smallest absolute Gasteiger partial charge is 0.317 e. The Morgan fingerprint density at radius 3 is 2.71 bits per heavy atom. The molecule has 1 aliphatic carbocycles. The molecule has 1 aromatic rings. The molecule has 0 aliphatic heterocycles. The molecule has 116 valence electrons. The molecule has 21 heavy (non-hydrogen) atoms. The summed E-state index contributed by atoms with van der Waals surface area (Å²) in [6, 6.07) is 6.56. The van der Waals surface area contributed by atoms with Crippen molar-refractivity contribution in [3.05, 3.63) is 29.3 Å². The standard InChI is InChI=1S/C17H25NO3/c1-13-7-8-14(2)16(11-13)21-10-9-18(12-17(19)20)15-5-3-4-6-15/h7-8,11,15H,3-6,9-10,12H2,1-2H3,(H,19,20). The van der Waals surface area contributed by atoms with Gasteiger partial charge in [0.15, 0.2) is 0 Å². The summed E-state index contributed by atoms with van der Waals surface area (Å²) in [6.45, 7) is 5.39. The van der Waals surface area contributed by atoms with Gasteiger partial charge in [0.25, 0.3) is 0 Å². The zero-order valence-corrected chi connectivity index (χ0v) is 13.0. The van der Waals surface area contributed by atoms with E-state index in [1.807, 2.05) is 19.9 Å². The topological polar surface area (TPSA) is 49.8 Å². The zero-order chi connectivity index (χ0) is 15.2. The Labute approximate surface area is 126 Å². The number of hydrogen-bond donors (Lipinski definition) is 1. The summed E-state index contributed by atoms with van der Waals surface area (Å²) in [4.78, 5) is 13.1. The lowest BCUT2D eigenvalue weighted by atomic mass is 10.1. The van der Waals surface area contributed by atoms with E-state index in [1.54, 1.807) is 0 Å². The summed E-state index contributed by atoms with van der Waals surface area (Å²) < 4.78 is 5.85. The summed E-state index contributed by atoms with van der Waals surface area (Å²) in [6.07, 6.45) is 4.63. The second-order valence-electron chi connectivity index (χ2n) is 5.92. The Kier molecular flexibility index (Phi) is 5.62. The molecule has 2 rings (SSSR count). The van der Waals surface area contributed by atoms with Crippen LogP contribution < -0.4 is 4.74 Å². The van der Waals surface area contributed by atoms with Crippen molar-refractivity contribution in [3.8, 4) is 5.75 Å². The Morgan fingerprint density at radius 2 is 2.05 bits per heavy atom. The van der Waals surface area contributed by atoms with Gasteiger partial charge in [-0.15, -0.1) is 0 Å². The van der Waals surface area contributed by atoms with E-state index in [-0.39, 0.29) is 6.54 Å². The highest BCUT2D eigenvalue weighted by molar-refractivity contribution is 5.69. The van der Waals surface area contributed by atoms with E-state index in [0.29, 0.717) is 19.2 Å². The number of hydrogen-bond acceptors (Lipinski definition) is 3. The molecular formula is C17H25NO3. The molecule has 0 saturated heterocycles. The quantitative estimate of drug-likeness (QED) is 0.839. The number of aryl methyl sites for hydroxylation is 2. The Balaban J connectivity index is 1.88. The van der Waals surface area contributed by atoms with Gasteiger partial charge in [-0.1, -0.05) is 25.0 Å². The maximum Gasteiger partial charge on any atom is 0.317 e. The van der Waals surface area contributed by atoms with Crippen LogP contribution in [0.3, 0.4) is 0 Å². The Hall–Kier alpha value is -1.55. The molecular weight excluding hydrogens is 266 g/mol. The first-order chi connectivity index (χ1) is 10.1. The third-order valence-electron chi connectivity index (χ3n) is 4.16. The van der Waals surface area contributed by atoms with Crippen LogP contribution in [-0.2, 0) is 4.79 Å². The lowest BCUT2D eigenvalue weighted by Crippen LogP contribution is -2.40. The van der Waals surface area contributed by atoms with Crippen molar-refractivity contribution >= 4 is 5.97 Å². The van der Waals surface area contributed by atoms with Crippen LogP contribution in [-0.4, -0.2) is 41.7 Å². The van der Waals surface area contributed by atoms with Crippen LogP contribution in [0.4, 0.5) is 0 Å². The van der Waals surface area contributed by atoms with Crippen molar-refractivity contribution in [1.82, 2.24) is 4.90 Å². The minimum Gasteiger partial charge on any atom is -0.492 e. The van der Waals surface area contributed by atoms with Crippen LogP contribution in [0.5, 0.6) is 5.75 Å². The predicted octanol–water partition coefficient (Wildman–Crippen LogP) is 3.01. The maximum atomic E-state index is 11.0. The highest BCUT2D eigenvalue weighted by Crippen LogP contribution is 2.23. The van der Waals surface area contributed by atoms with Gasteiger partial charge in [0.2, 0.25) is 0 Å². The van der Waals surface area contributed by atoms with Crippen LogP contribution in [0.15, 0.2) is 18.2 Å². The first-order valence-corrected chi connectivity index (χ1v) is 7.72. The summed E-state index contributed by atoms with van der Waals surface area (Å²) in [5, 5.41) is 9.06. The normalized spacial score (nSPS) is 15.6. The van der Waals surface area contributed by atoms with E-state index >= 15 is 0 Å². The highest BCUT2D eigenvalue weighted by atomic mass is 16.5. The number of carbonyl (C=O) groups is 1. The number of benzene rings is 1. The first-order valence-electron chi connectivity index (χ1n) is 7.72. The minimum absolute atomic E-state index is 0.112. The van der Waals surface area contributed by atoms with Gasteiger partial charge >= 0.3 is 5.97 Å². The van der Waals surface area contributed by atoms with E-state index in [9.17, 15) is 4.79 Å². The fourth-order valence-electron chi connectivity index (χ4n) is 2.97. The zero-order valence-electron chi connectivity index (χ0n) is 13.0. The van der Waals surface area contributed by atoms with Crippen LogP contribution in [0.1, 0.15) is 36.8 Å². The van der Waals surface area contributed by atoms with Gasteiger partial charge in [-0.2, -0.15) is 0 Å². The third kappa shape index (κ3) is 4.74. The summed E-state index contributed by atoms with van der Waals surface area (Å²) in [5.74, 6) is 0.144. The molecule has 0 radical (unpaired) electrons. The number of ether oxygens (including phenoxy) is 1. The minimum atomic E-state index is -0.756. The second kappa shape index (κ2) is 7.46. The predicted molar refractivity (Wildman–Crippen MR) is 82.9 cm³/mol. The van der Waals surface area contributed by atoms with Crippen molar-refractivity contribution < 1.29 is 14.6 Å². The SMILES string of the molecule is Cc1ccc(C)c(OCCN(CC(=O)O)C2CCCC2)c1. The molecule has 0 amide bonds. The van der Waals surface area contributed by atoms with Crippen molar-refractivity contribution in [1.29, 1.82) is 0 Å². The molecule has 1 aliphatic rings. The molecule has 1 aromatic carbocycles.